The van der Waals surface area contributed by atoms with Crippen molar-refractivity contribution >= 4 is 39.8 Å². The highest BCUT2D eigenvalue weighted by atomic mass is 35.5. The Morgan fingerprint density at radius 1 is 1.12 bits per heavy atom. The number of hydrogen-bond donors (Lipinski definition) is 1. The number of piperidine rings is 1. The molecular formula is C30H27ClN6O3. The molecule has 7 rings (SSSR count). The van der Waals surface area contributed by atoms with Gasteiger partial charge in [-0.05, 0) is 60.4 Å². The average molecular weight is 555 g/mol. The fourth-order valence-electron chi connectivity index (χ4n) is 6.30. The summed E-state index contributed by atoms with van der Waals surface area (Å²) in [7, 11) is 1.67. The fourth-order valence-corrected chi connectivity index (χ4v) is 6.47. The maximum absolute atomic E-state index is 13.1. The van der Waals surface area contributed by atoms with Crippen molar-refractivity contribution in [2.45, 2.75) is 25.4 Å². The number of H-pyrrole nitrogens is 1. The molecule has 2 aromatic carbocycles. The zero-order valence-corrected chi connectivity index (χ0v) is 22.6. The van der Waals surface area contributed by atoms with Gasteiger partial charge in [0.25, 0.3) is 11.1 Å². The summed E-state index contributed by atoms with van der Waals surface area (Å²) in [5, 5.41) is 5.80. The van der Waals surface area contributed by atoms with Crippen molar-refractivity contribution in [3.05, 3.63) is 103 Å². The number of nitrogens with one attached hydrogen (secondary N) is 1. The minimum atomic E-state index is -0.290. The van der Waals surface area contributed by atoms with E-state index in [0.29, 0.717) is 27.9 Å². The first-order valence-corrected chi connectivity index (χ1v) is 13.7. The van der Waals surface area contributed by atoms with E-state index in [1.54, 1.807) is 31.5 Å². The predicted molar refractivity (Wildman–Crippen MR) is 156 cm³/mol. The van der Waals surface area contributed by atoms with Crippen molar-refractivity contribution < 1.29 is 4.74 Å². The smallest absolute Gasteiger partial charge is 0.298 e. The number of pyridine rings is 1. The molecule has 1 saturated heterocycles. The number of ether oxygens (including phenoxy) is 1. The van der Waals surface area contributed by atoms with E-state index in [0.717, 1.165) is 66.1 Å². The van der Waals surface area contributed by atoms with Crippen molar-refractivity contribution in [3.63, 3.8) is 0 Å². The molecule has 0 saturated carbocycles. The standard InChI is InChI=1S/C30H27ClN6O3/c1-40-26-8-5-18(12-33-37-17-32-28-23-11-22(31)6-7-24(23)34-29(28)30(37)39)9-21(26)16-35-13-19-10-20(15-35)25-3-2-4-27(38)36(25)14-19/h2-9,11-12,17,19-20,34H,10,13-16H2,1H3/b33-12-/t19-,20-/m0/s1. The van der Waals surface area contributed by atoms with Crippen molar-refractivity contribution in [1.29, 1.82) is 0 Å². The summed E-state index contributed by atoms with van der Waals surface area (Å²) in [4.78, 5) is 35.6. The molecule has 0 spiro atoms. The molecule has 0 unspecified atom stereocenters. The third kappa shape index (κ3) is 4.31. The first kappa shape index (κ1) is 24.8. The van der Waals surface area contributed by atoms with Crippen LogP contribution in [-0.4, -0.2) is 50.5 Å². The number of fused-ring (bicyclic) bond motifs is 7. The Bertz CT molecular complexity index is 1920. The number of aromatic amines is 1. The van der Waals surface area contributed by atoms with Gasteiger partial charge in [-0.1, -0.05) is 17.7 Å². The van der Waals surface area contributed by atoms with Crippen LogP contribution in [-0.2, 0) is 13.1 Å². The molecule has 0 amide bonds. The van der Waals surface area contributed by atoms with Gasteiger partial charge in [0.2, 0.25) is 0 Å². The lowest BCUT2D eigenvalue weighted by Gasteiger charge is -2.42. The van der Waals surface area contributed by atoms with E-state index in [4.69, 9.17) is 16.3 Å². The normalized spacial score (nSPS) is 18.9. The zero-order chi connectivity index (χ0) is 27.4. The molecule has 0 radical (unpaired) electrons. The summed E-state index contributed by atoms with van der Waals surface area (Å²) in [6, 6.07) is 16.9. The number of hydrogen-bond acceptors (Lipinski definition) is 6. The molecule has 5 heterocycles. The van der Waals surface area contributed by atoms with Crippen LogP contribution < -0.4 is 15.9 Å². The topological polar surface area (TPSA) is 97.5 Å². The van der Waals surface area contributed by atoms with E-state index < -0.39 is 0 Å². The van der Waals surface area contributed by atoms with E-state index in [1.165, 1.54) is 11.0 Å². The van der Waals surface area contributed by atoms with Gasteiger partial charge in [-0.15, -0.1) is 0 Å². The van der Waals surface area contributed by atoms with E-state index >= 15 is 0 Å². The summed E-state index contributed by atoms with van der Waals surface area (Å²) in [6.07, 6.45) is 4.20. The molecule has 202 valence electrons. The van der Waals surface area contributed by atoms with Crippen LogP contribution in [0, 0.1) is 5.92 Å². The Morgan fingerprint density at radius 3 is 2.90 bits per heavy atom. The Morgan fingerprint density at radius 2 is 2.02 bits per heavy atom. The lowest BCUT2D eigenvalue weighted by molar-refractivity contribution is 0.113. The molecule has 1 fully saturated rings. The van der Waals surface area contributed by atoms with Crippen LogP contribution in [0.2, 0.25) is 5.02 Å². The van der Waals surface area contributed by atoms with E-state index in [1.807, 2.05) is 34.9 Å². The zero-order valence-electron chi connectivity index (χ0n) is 21.9. The summed E-state index contributed by atoms with van der Waals surface area (Å²) in [5.74, 6) is 1.59. The number of aromatic nitrogens is 4. The average Bonchev–Trinajstić information content (AvgIpc) is 3.32. The number of nitrogens with zero attached hydrogens (tertiary/aromatic N) is 5. The van der Waals surface area contributed by atoms with E-state index in [9.17, 15) is 9.59 Å². The number of likely N-dealkylation sites (tertiary alicyclic amines) is 1. The van der Waals surface area contributed by atoms with Gasteiger partial charge in [0.15, 0.2) is 0 Å². The predicted octanol–water partition coefficient (Wildman–Crippen LogP) is 4.20. The second kappa shape index (κ2) is 9.76. The molecule has 10 heteroatoms. The highest BCUT2D eigenvalue weighted by Crippen LogP contribution is 2.36. The molecule has 1 N–H and O–H groups in total. The summed E-state index contributed by atoms with van der Waals surface area (Å²) in [6.45, 7) is 3.30. The maximum Gasteiger partial charge on any atom is 0.298 e. The van der Waals surface area contributed by atoms with E-state index in [2.05, 4.69) is 26.0 Å². The first-order chi connectivity index (χ1) is 19.5. The van der Waals surface area contributed by atoms with Crippen LogP contribution in [0.1, 0.15) is 29.2 Å². The van der Waals surface area contributed by atoms with Gasteiger partial charge in [0, 0.05) is 65.3 Å². The Balaban J connectivity index is 1.15. The number of rotatable bonds is 5. The Hall–Kier alpha value is -4.21. The molecule has 40 heavy (non-hydrogen) atoms. The van der Waals surface area contributed by atoms with Crippen LogP contribution in [0.3, 0.4) is 0 Å². The van der Waals surface area contributed by atoms with Gasteiger partial charge in [-0.3, -0.25) is 14.5 Å². The first-order valence-electron chi connectivity index (χ1n) is 13.3. The van der Waals surface area contributed by atoms with Crippen LogP contribution in [0.25, 0.3) is 21.9 Å². The third-order valence-electron chi connectivity index (χ3n) is 8.04. The molecule has 9 nitrogen and oxygen atoms in total. The molecule has 2 aliphatic heterocycles. The molecule has 2 atom stereocenters. The molecule has 5 aromatic rings. The van der Waals surface area contributed by atoms with Gasteiger partial charge >= 0.3 is 0 Å². The second-order valence-corrected chi connectivity index (χ2v) is 11.1. The van der Waals surface area contributed by atoms with Crippen LogP contribution >= 0.6 is 11.6 Å². The molecular weight excluding hydrogens is 528 g/mol. The van der Waals surface area contributed by atoms with Crippen LogP contribution in [0.4, 0.5) is 0 Å². The number of halogens is 1. The van der Waals surface area contributed by atoms with Crippen molar-refractivity contribution in [3.8, 4) is 5.75 Å². The minimum Gasteiger partial charge on any atom is -0.496 e. The quantitative estimate of drug-likeness (QED) is 0.328. The van der Waals surface area contributed by atoms with Crippen molar-refractivity contribution in [1.82, 2.24) is 24.1 Å². The van der Waals surface area contributed by atoms with Crippen molar-refractivity contribution in [2.24, 2.45) is 11.0 Å². The van der Waals surface area contributed by atoms with Crippen LogP contribution in [0.15, 0.2) is 75.6 Å². The second-order valence-electron chi connectivity index (χ2n) is 10.6. The fraction of sp³-hybridized carbons (Fsp3) is 0.267. The van der Waals surface area contributed by atoms with Crippen LogP contribution in [0.5, 0.6) is 5.75 Å². The molecule has 3 aromatic heterocycles. The molecule has 2 bridgehead atoms. The van der Waals surface area contributed by atoms with Gasteiger partial charge < -0.3 is 14.3 Å². The third-order valence-corrected chi connectivity index (χ3v) is 8.27. The molecule has 2 aliphatic rings. The summed E-state index contributed by atoms with van der Waals surface area (Å²) >= 11 is 6.14. The van der Waals surface area contributed by atoms with Gasteiger partial charge in [0.05, 0.1) is 13.3 Å². The van der Waals surface area contributed by atoms with Crippen molar-refractivity contribution in [2.75, 3.05) is 20.2 Å². The monoisotopic (exact) mass is 554 g/mol. The van der Waals surface area contributed by atoms with Gasteiger partial charge in [-0.25, -0.2) is 4.98 Å². The molecule has 0 aliphatic carbocycles. The Labute approximate surface area is 234 Å². The number of methoxy groups -OCH3 is 1. The summed E-state index contributed by atoms with van der Waals surface area (Å²) in [5.41, 5.74) is 4.58. The van der Waals surface area contributed by atoms with Gasteiger partial charge in [0.1, 0.15) is 23.1 Å². The lowest BCUT2D eigenvalue weighted by Crippen LogP contribution is -2.46. The summed E-state index contributed by atoms with van der Waals surface area (Å²) < 4.78 is 8.86. The number of benzene rings is 2. The highest BCUT2D eigenvalue weighted by Gasteiger charge is 2.34. The maximum atomic E-state index is 13.1. The van der Waals surface area contributed by atoms with E-state index in [-0.39, 0.29) is 11.1 Å². The lowest BCUT2D eigenvalue weighted by atomic mass is 9.83. The van der Waals surface area contributed by atoms with Gasteiger partial charge in [-0.2, -0.15) is 9.78 Å². The minimum absolute atomic E-state index is 0.0942. The SMILES string of the molecule is COc1ccc(/C=N\n2cnc3c([nH]c4ccc(Cl)cc43)c2=O)cc1CN1C[C@@H]2C[C@@H](C1)c1cccc(=O)n1C2. The Kier molecular flexibility index (Phi) is 6.05. The largest absolute Gasteiger partial charge is 0.496 e. The highest BCUT2D eigenvalue weighted by molar-refractivity contribution is 6.31.